The zero-order valence-corrected chi connectivity index (χ0v) is 29.9. The van der Waals surface area contributed by atoms with Gasteiger partial charge in [-0.25, -0.2) is 4.79 Å². The van der Waals surface area contributed by atoms with Gasteiger partial charge in [0.1, 0.15) is 17.0 Å². The first-order valence-electron chi connectivity index (χ1n) is 16.0. The molecule has 0 aliphatic carbocycles. The van der Waals surface area contributed by atoms with Crippen molar-refractivity contribution in [2.75, 3.05) is 37.2 Å². The summed E-state index contributed by atoms with van der Waals surface area (Å²) in [5.41, 5.74) is -0.524. The summed E-state index contributed by atoms with van der Waals surface area (Å²) in [6.45, 7) is 13.8. The quantitative estimate of drug-likeness (QED) is 0.180. The fraction of sp³-hybridized carbons (Fsp3) is 0.727. The van der Waals surface area contributed by atoms with E-state index in [0.29, 0.717) is 62.9 Å². The summed E-state index contributed by atoms with van der Waals surface area (Å²) in [7, 11) is 0. The van der Waals surface area contributed by atoms with E-state index >= 15 is 0 Å². The highest BCUT2D eigenvalue weighted by atomic mass is 127. The minimum Gasteiger partial charge on any atom is -0.491 e. The number of carbonyl (C=O) groups excluding carboxylic acids is 4. The largest absolute Gasteiger partial charge is 0.491 e. The molecule has 2 aliphatic rings. The maximum absolute atomic E-state index is 13.6. The second kappa shape index (κ2) is 16.8. The van der Waals surface area contributed by atoms with Crippen molar-refractivity contribution in [2.45, 2.75) is 104 Å². The maximum atomic E-state index is 13.6. The highest BCUT2D eigenvalue weighted by Crippen LogP contribution is 2.27. The Morgan fingerprint density at radius 2 is 1.67 bits per heavy atom. The lowest BCUT2D eigenvalue weighted by Crippen LogP contribution is -2.46. The smallest absolute Gasteiger partial charge is 0.410 e. The van der Waals surface area contributed by atoms with Crippen LogP contribution in [0.4, 0.5) is 4.79 Å². The van der Waals surface area contributed by atoms with Gasteiger partial charge in [-0.3, -0.25) is 19.4 Å². The summed E-state index contributed by atoms with van der Waals surface area (Å²) in [5.74, 6) is -0.0187. The third-order valence-corrected chi connectivity index (χ3v) is 8.21. The average molecular weight is 743 g/mol. The number of nitrogens with one attached hydrogen (secondary N) is 1. The van der Waals surface area contributed by atoms with Crippen molar-refractivity contribution in [1.82, 2.24) is 20.1 Å². The molecule has 0 aromatic carbocycles. The molecular weight excluding hydrogens is 691 g/mol. The number of piperidine rings is 2. The Labute approximate surface area is 281 Å². The molecule has 3 rings (SSSR count). The van der Waals surface area contributed by atoms with E-state index in [4.69, 9.17) is 14.2 Å². The maximum Gasteiger partial charge on any atom is 0.410 e. The number of hydrogen-bond acceptors (Lipinski definition) is 8. The average Bonchev–Trinajstić information content (AvgIpc) is 2.97. The Morgan fingerprint density at radius 3 is 2.31 bits per heavy atom. The second-order valence-electron chi connectivity index (χ2n) is 14.0. The minimum atomic E-state index is -0.658. The van der Waals surface area contributed by atoms with Crippen LogP contribution in [0.5, 0.6) is 5.75 Å². The monoisotopic (exact) mass is 742 g/mol. The Bertz CT molecular complexity index is 1160. The normalized spacial score (nSPS) is 18.6. The van der Waals surface area contributed by atoms with Crippen molar-refractivity contribution < 1.29 is 33.4 Å². The molecule has 45 heavy (non-hydrogen) atoms. The van der Waals surface area contributed by atoms with Crippen LogP contribution in [0.3, 0.4) is 0 Å². The number of amides is 3. The fourth-order valence-corrected chi connectivity index (χ4v) is 5.81. The number of carbonyl (C=O) groups is 4. The first kappa shape index (κ1) is 36.8. The Kier molecular flexibility index (Phi) is 13.7. The molecule has 3 amide bonds. The van der Waals surface area contributed by atoms with Crippen molar-refractivity contribution in [3.8, 4) is 5.75 Å². The molecule has 0 unspecified atom stereocenters. The number of pyridine rings is 1. The van der Waals surface area contributed by atoms with E-state index < -0.39 is 23.2 Å². The summed E-state index contributed by atoms with van der Waals surface area (Å²) in [5, 5.41) is 3.06. The van der Waals surface area contributed by atoms with Crippen LogP contribution in [0.2, 0.25) is 0 Å². The SMILES string of the molecule is CC(C)(C)OC(=O)C[C@H](NC(=O)[C@@H]1CCCN(C(=O)CCC2CCN(C(=O)OC(C)(C)C)CC2)C1)c1cncc(OCCI)c1. The molecule has 0 bridgehead atoms. The van der Waals surface area contributed by atoms with E-state index in [2.05, 4.69) is 32.9 Å². The van der Waals surface area contributed by atoms with Crippen molar-refractivity contribution in [3.63, 3.8) is 0 Å². The predicted octanol–water partition coefficient (Wildman–Crippen LogP) is 5.45. The van der Waals surface area contributed by atoms with Crippen LogP contribution in [0.15, 0.2) is 18.5 Å². The van der Waals surface area contributed by atoms with E-state index in [1.807, 2.05) is 20.8 Å². The molecule has 11 nitrogen and oxygen atoms in total. The van der Waals surface area contributed by atoms with Gasteiger partial charge >= 0.3 is 12.1 Å². The predicted molar refractivity (Wildman–Crippen MR) is 179 cm³/mol. The molecule has 1 aromatic heterocycles. The van der Waals surface area contributed by atoms with Crippen LogP contribution < -0.4 is 10.1 Å². The summed E-state index contributed by atoms with van der Waals surface area (Å²) >= 11 is 2.23. The van der Waals surface area contributed by atoms with Crippen LogP contribution >= 0.6 is 22.6 Å². The molecule has 2 atom stereocenters. The second-order valence-corrected chi connectivity index (χ2v) is 15.1. The molecule has 2 aliphatic heterocycles. The highest BCUT2D eigenvalue weighted by molar-refractivity contribution is 14.1. The van der Waals surface area contributed by atoms with Crippen LogP contribution in [-0.2, 0) is 23.9 Å². The van der Waals surface area contributed by atoms with E-state index in [9.17, 15) is 19.2 Å². The topological polar surface area (TPSA) is 127 Å². The molecule has 2 fully saturated rings. The molecule has 1 aromatic rings. The number of likely N-dealkylation sites (tertiary alicyclic amines) is 2. The van der Waals surface area contributed by atoms with Crippen molar-refractivity contribution in [3.05, 3.63) is 24.0 Å². The number of hydrogen-bond donors (Lipinski definition) is 1. The van der Waals surface area contributed by atoms with Crippen molar-refractivity contribution >= 4 is 46.5 Å². The molecular formula is C33H51IN4O7. The lowest BCUT2D eigenvalue weighted by atomic mass is 9.91. The number of ether oxygens (including phenoxy) is 3. The number of aromatic nitrogens is 1. The van der Waals surface area contributed by atoms with Crippen molar-refractivity contribution in [2.24, 2.45) is 11.8 Å². The summed E-state index contributed by atoms with van der Waals surface area (Å²) in [6, 6.07) is 1.14. The van der Waals surface area contributed by atoms with E-state index in [-0.39, 0.29) is 30.2 Å². The van der Waals surface area contributed by atoms with Crippen LogP contribution in [0.1, 0.15) is 98.1 Å². The zero-order valence-electron chi connectivity index (χ0n) is 27.7. The Balaban J connectivity index is 1.56. The van der Waals surface area contributed by atoms with Gasteiger partial charge < -0.3 is 29.3 Å². The lowest BCUT2D eigenvalue weighted by Gasteiger charge is -2.35. The molecule has 1 N–H and O–H groups in total. The van der Waals surface area contributed by atoms with Gasteiger partial charge in [-0.15, -0.1) is 0 Å². The number of nitrogens with zero attached hydrogens (tertiary/aromatic N) is 3. The first-order chi connectivity index (χ1) is 21.1. The van der Waals surface area contributed by atoms with Gasteiger partial charge in [-0.2, -0.15) is 0 Å². The van der Waals surface area contributed by atoms with Gasteiger partial charge in [0.15, 0.2) is 0 Å². The van der Waals surface area contributed by atoms with Gasteiger partial charge in [0.05, 0.1) is 31.2 Å². The van der Waals surface area contributed by atoms with Gasteiger partial charge in [0.25, 0.3) is 0 Å². The van der Waals surface area contributed by atoms with Gasteiger partial charge in [0, 0.05) is 43.2 Å². The third-order valence-electron chi connectivity index (χ3n) is 7.77. The van der Waals surface area contributed by atoms with Gasteiger partial charge in [0.2, 0.25) is 11.8 Å². The standard InChI is InChI=1S/C33H51IN4O7/c1-32(2,3)44-29(40)19-27(25-18-26(21-35-20-25)43-17-13-34)36-30(41)24-8-7-14-38(22-24)28(39)10-9-23-11-15-37(16-12-23)31(42)45-33(4,5)6/h18,20-21,23-24,27H,7-17,19,22H2,1-6H3,(H,36,41)/t24-,27+/m1/s1. The number of esters is 1. The highest BCUT2D eigenvalue weighted by Gasteiger charge is 2.32. The molecule has 2 saturated heterocycles. The van der Waals surface area contributed by atoms with E-state index in [1.165, 1.54) is 0 Å². The van der Waals surface area contributed by atoms with Crippen LogP contribution in [0.25, 0.3) is 0 Å². The minimum absolute atomic E-state index is 0.0525. The first-order valence-corrected chi connectivity index (χ1v) is 17.6. The number of halogens is 1. The molecule has 0 saturated carbocycles. The van der Waals surface area contributed by atoms with Gasteiger partial charge in [-0.1, -0.05) is 22.6 Å². The fourth-order valence-electron chi connectivity index (χ4n) is 5.59. The molecule has 0 radical (unpaired) electrons. The number of alkyl halides is 1. The Hall–Kier alpha value is -2.64. The lowest BCUT2D eigenvalue weighted by molar-refractivity contribution is -0.155. The van der Waals surface area contributed by atoms with E-state index in [1.54, 1.807) is 49.0 Å². The zero-order chi connectivity index (χ0) is 33.2. The Morgan fingerprint density at radius 1 is 0.978 bits per heavy atom. The molecule has 0 spiro atoms. The number of rotatable bonds is 11. The summed E-state index contributed by atoms with van der Waals surface area (Å²) in [4.78, 5) is 59.7. The van der Waals surface area contributed by atoms with Gasteiger partial charge in [-0.05, 0) is 91.2 Å². The molecule has 3 heterocycles. The third kappa shape index (κ3) is 12.9. The molecule has 252 valence electrons. The summed E-state index contributed by atoms with van der Waals surface area (Å²) in [6.07, 6.45) is 7.16. The summed E-state index contributed by atoms with van der Waals surface area (Å²) < 4.78 is 17.6. The van der Waals surface area contributed by atoms with Crippen LogP contribution in [0, 0.1) is 11.8 Å². The van der Waals surface area contributed by atoms with E-state index in [0.717, 1.165) is 30.1 Å². The van der Waals surface area contributed by atoms with Crippen LogP contribution in [-0.4, -0.2) is 87.1 Å². The van der Waals surface area contributed by atoms with Crippen molar-refractivity contribution in [1.29, 1.82) is 0 Å². The molecule has 12 heteroatoms.